The second kappa shape index (κ2) is 9.09. The van der Waals surface area contributed by atoms with Crippen molar-refractivity contribution >= 4 is 22.7 Å². The van der Waals surface area contributed by atoms with E-state index in [1.165, 1.54) is 24.3 Å². The first-order chi connectivity index (χ1) is 14.0. The Morgan fingerprint density at radius 1 is 1.07 bits per heavy atom. The van der Waals surface area contributed by atoms with E-state index in [0.29, 0.717) is 41.9 Å². The standard InChI is InChI=1S/C21H21N3O5/c1-3-14(21(25)28-4-2)13-19-20(23-18-8-6-5-7-17(18)22-19)29-16-11-9-15(10-12-16)24(26)27/h5-12,14H,3-4,13H2,1-2H3. The van der Waals surface area contributed by atoms with Crippen LogP contribution >= 0.6 is 0 Å². The lowest BCUT2D eigenvalue weighted by Gasteiger charge is -2.16. The van der Waals surface area contributed by atoms with E-state index in [-0.39, 0.29) is 23.5 Å². The van der Waals surface area contributed by atoms with E-state index in [0.717, 1.165) is 0 Å². The third-order valence-corrected chi connectivity index (χ3v) is 4.42. The molecule has 0 saturated heterocycles. The van der Waals surface area contributed by atoms with Crippen LogP contribution in [0.2, 0.25) is 0 Å². The maximum atomic E-state index is 12.2. The minimum Gasteiger partial charge on any atom is -0.466 e. The first kappa shape index (κ1) is 20.2. The van der Waals surface area contributed by atoms with E-state index >= 15 is 0 Å². The van der Waals surface area contributed by atoms with Crippen molar-refractivity contribution in [1.29, 1.82) is 0 Å². The monoisotopic (exact) mass is 395 g/mol. The van der Waals surface area contributed by atoms with Crippen LogP contribution in [-0.2, 0) is 16.0 Å². The number of hydrogen-bond donors (Lipinski definition) is 0. The van der Waals surface area contributed by atoms with E-state index in [9.17, 15) is 14.9 Å². The summed E-state index contributed by atoms with van der Waals surface area (Å²) in [6.07, 6.45) is 0.903. The third-order valence-electron chi connectivity index (χ3n) is 4.42. The number of nitro benzene ring substituents is 1. The van der Waals surface area contributed by atoms with Gasteiger partial charge in [0.25, 0.3) is 5.69 Å². The molecule has 0 saturated carbocycles. The second-order valence-electron chi connectivity index (χ2n) is 6.38. The van der Waals surface area contributed by atoms with Crippen LogP contribution in [0.1, 0.15) is 26.0 Å². The van der Waals surface area contributed by atoms with Crippen molar-refractivity contribution in [2.75, 3.05) is 6.61 Å². The molecule has 0 N–H and O–H groups in total. The molecule has 0 aliphatic heterocycles. The van der Waals surface area contributed by atoms with Crippen molar-refractivity contribution in [3.05, 3.63) is 64.3 Å². The number of carbonyl (C=O) groups is 1. The molecule has 8 nitrogen and oxygen atoms in total. The van der Waals surface area contributed by atoms with Crippen molar-refractivity contribution < 1.29 is 19.2 Å². The van der Waals surface area contributed by atoms with Gasteiger partial charge in [0, 0.05) is 18.6 Å². The van der Waals surface area contributed by atoms with Crippen LogP contribution < -0.4 is 4.74 Å². The topological polar surface area (TPSA) is 104 Å². The second-order valence-corrected chi connectivity index (χ2v) is 6.38. The highest BCUT2D eigenvalue weighted by molar-refractivity contribution is 5.76. The van der Waals surface area contributed by atoms with E-state index in [2.05, 4.69) is 9.97 Å². The predicted octanol–water partition coefficient (Wildman–Crippen LogP) is 4.46. The number of aromatic nitrogens is 2. The summed E-state index contributed by atoms with van der Waals surface area (Å²) in [5.41, 5.74) is 1.84. The molecule has 2 aromatic carbocycles. The average Bonchev–Trinajstić information content (AvgIpc) is 2.72. The zero-order chi connectivity index (χ0) is 20.8. The molecule has 8 heteroatoms. The van der Waals surface area contributed by atoms with Crippen molar-refractivity contribution in [3.8, 4) is 11.6 Å². The van der Waals surface area contributed by atoms with Crippen molar-refractivity contribution in [1.82, 2.24) is 9.97 Å². The Morgan fingerprint density at radius 2 is 1.72 bits per heavy atom. The summed E-state index contributed by atoms with van der Waals surface area (Å²) in [4.78, 5) is 31.8. The van der Waals surface area contributed by atoms with Gasteiger partial charge in [0.2, 0.25) is 5.88 Å². The summed E-state index contributed by atoms with van der Waals surface area (Å²) in [6, 6.07) is 13.1. The van der Waals surface area contributed by atoms with Gasteiger partial charge in [-0.2, -0.15) is 0 Å². The maximum Gasteiger partial charge on any atom is 0.309 e. The van der Waals surface area contributed by atoms with Gasteiger partial charge in [-0.3, -0.25) is 14.9 Å². The summed E-state index contributed by atoms with van der Waals surface area (Å²) in [7, 11) is 0. The van der Waals surface area contributed by atoms with Gasteiger partial charge in [-0.15, -0.1) is 0 Å². The SMILES string of the molecule is CCOC(=O)C(CC)Cc1nc2ccccc2nc1Oc1ccc([N+](=O)[O-])cc1. The van der Waals surface area contributed by atoms with Crippen LogP contribution in [0.4, 0.5) is 5.69 Å². The fourth-order valence-electron chi connectivity index (χ4n) is 2.87. The molecule has 1 unspecified atom stereocenters. The van der Waals surface area contributed by atoms with Gasteiger partial charge < -0.3 is 9.47 Å². The highest BCUT2D eigenvalue weighted by atomic mass is 16.6. The van der Waals surface area contributed by atoms with E-state index in [4.69, 9.17) is 9.47 Å². The largest absolute Gasteiger partial charge is 0.466 e. The number of benzene rings is 2. The molecule has 29 heavy (non-hydrogen) atoms. The van der Waals surface area contributed by atoms with Crippen LogP contribution in [-0.4, -0.2) is 27.5 Å². The summed E-state index contributed by atoms with van der Waals surface area (Å²) in [5.74, 6) is 0.00165. The van der Waals surface area contributed by atoms with Gasteiger partial charge >= 0.3 is 5.97 Å². The molecular weight excluding hydrogens is 374 g/mol. The average molecular weight is 395 g/mol. The summed E-state index contributed by atoms with van der Waals surface area (Å²) < 4.78 is 11.0. The molecule has 0 radical (unpaired) electrons. The maximum absolute atomic E-state index is 12.2. The Labute approximate surface area is 167 Å². The van der Waals surface area contributed by atoms with Crippen LogP contribution in [0.15, 0.2) is 48.5 Å². The fraction of sp³-hybridized carbons (Fsp3) is 0.286. The highest BCUT2D eigenvalue weighted by Gasteiger charge is 2.23. The molecule has 1 atom stereocenters. The Balaban J connectivity index is 1.96. The summed E-state index contributed by atoms with van der Waals surface area (Å²) >= 11 is 0. The minimum absolute atomic E-state index is 0.0319. The Bertz CT molecular complexity index is 1020. The molecular formula is C21H21N3O5. The Kier molecular flexibility index (Phi) is 6.33. The van der Waals surface area contributed by atoms with Gasteiger partial charge in [-0.25, -0.2) is 9.97 Å². The van der Waals surface area contributed by atoms with Crippen molar-refractivity contribution in [3.63, 3.8) is 0 Å². The van der Waals surface area contributed by atoms with E-state index in [1.807, 2.05) is 31.2 Å². The Morgan fingerprint density at radius 3 is 2.31 bits per heavy atom. The number of para-hydroxylation sites is 2. The molecule has 3 aromatic rings. The van der Waals surface area contributed by atoms with Crippen LogP contribution in [0, 0.1) is 16.0 Å². The smallest absolute Gasteiger partial charge is 0.309 e. The number of non-ortho nitro benzene ring substituents is 1. The van der Waals surface area contributed by atoms with Crippen LogP contribution in [0.3, 0.4) is 0 Å². The number of esters is 1. The molecule has 0 amide bonds. The minimum atomic E-state index is -0.476. The summed E-state index contributed by atoms with van der Waals surface area (Å²) in [5, 5.41) is 10.8. The number of carbonyl (C=O) groups excluding carboxylic acids is 1. The lowest BCUT2D eigenvalue weighted by molar-refractivity contribution is -0.384. The molecule has 1 heterocycles. The highest BCUT2D eigenvalue weighted by Crippen LogP contribution is 2.28. The lowest BCUT2D eigenvalue weighted by atomic mass is 10.0. The van der Waals surface area contributed by atoms with Gasteiger partial charge in [0.15, 0.2) is 0 Å². The van der Waals surface area contributed by atoms with E-state index < -0.39 is 4.92 Å². The molecule has 3 rings (SSSR count). The predicted molar refractivity (Wildman–Crippen MR) is 107 cm³/mol. The Hall–Kier alpha value is -3.55. The zero-order valence-corrected chi connectivity index (χ0v) is 16.2. The van der Waals surface area contributed by atoms with Gasteiger partial charge in [-0.05, 0) is 37.6 Å². The number of ether oxygens (including phenoxy) is 2. The number of nitro groups is 1. The van der Waals surface area contributed by atoms with Crippen LogP contribution in [0.5, 0.6) is 11.6 Å². The number of fused-ring (bicyclic) bond motifs is 1. The molecule has 1 aromatic heterocycles. The van der Waals surface area contributed by atoms with Gasteiger partial charge in [-0.1, -0.05) is 19.1 Å². The van der Waals surface area contributed by atoms with Gasteiger partial charge in [0.05, 0.1) is 28.5 Å². The summed E-state index contributed by atoms with van der Waals surface area (Å²) in [6.45, 7) is 3.99. The molecule has 0 bridgehead atoms. The zero-order valence-electron chi connectivity index (χ0n) is 16.2. The first-order valence-corrected chi connectivity index (χ1v) is 9.36. The normalized spacial score (nSPS) is 11.8. The molecule has 150 valence electrons. The third kappa shape index (κ3) is 4.84. The quantitative estimate of drug-likeness (QED) is 0.315. The number of nitrogens with zero attached hydrogens (tertiary/aromatic N) is 3. The van der Waals surface area contributed by atoms with Gasteiger partial charge in [0.1, 0.15) is 11.4 Å². The lowest BCUT2D eigenvalue weighted by Crippen LogP contribution is -2.20. The van der Waals surface area contributed by atoms with E-state index in [1.54, 1.807) is 6.92 Å². The molecule has 0 aliphatic rings. The molecule has 0 spiro atoms. The van der Waals surface area contributed by atoms with Crippen LogP contribution in [0.25, 0.3) is 11.0 Å². The number of hydrogen-bond acceptors (Lipinski definition) is 7. The number of rotatable bonds is 8. The van der Waals surface area contributed by atoms with Crippen molar-refractivity contribution in [2.24, 2.45) is 5.92 Å². The fourth-order valence-corrected chi connectivity index (χ4v) is 2.87. The first-order valence-electron chi connectivity index (χ1n) is 9.36. The molecule has 0 aliphatic carbocycles. The van der Waals surface area contributed by atoms with Crippen molar-refractivity contribution in [2.45, 2.75) is 26.7 Å². The molecule has 0 fully saturated rings.